The van der Waals surface area contributed by atoms with Crippen LogP contribution in [0.5, 0.6) is 0 Å². The lowest BCUT2D eigenvalue weighted by atomic mass is 10.0. The van der Waals surface area contributed by atoms with Crippen molar-refractivity contribution in [2.75, 3.05) is 13.6 Å². The Morgan fingerprint density at radius 1 is 1.35 bits per heavy atom. The van der Waals surface area contributed by atoms with Crippen LogP contribution in [0.3, 0.4) is 0 Å². The average Bonchev–Trinajstić information content (AvgIpc) is 2.46. The molecular weight excluding hydrogens is 283 g/mol. The van der Waals surface area contributed by atoms with E-state index in [1.165, 1.54) is 25.2 Å². The normalized spacial score (nSPS) is 20.6. The molecule has 110 valence electrons. The molecule has 1 aromatic rings. The number of benzene rings is 1. The fourth-order valence-corrected chi connectivity index (χ4v) is 4.12. The van der Waals surface area contributed by atoms with Gasteiger partial charge in [0.05, 0.1) is 0 Å². The summed E-state index contributed by atoms with van der Waals surface area (Å²) in [5.41, 5.74) is 0. The van der Waals surface area contributed by atoms with Crippen molar-refractivity contribution in [2.45, 2.75) is 30.2 Å². The first-order valence-electron chi connectivity index (χ1n) is 6.46. The van der Waals surface area contributed by atoms with Crippen molar-refractivity contribution in [1.29, 1.82) is 0 Å². The third kappa shape index (κ3) is 2.69. The van der Waals surface area contributed by atoms with Crippen molar-refractivity contribution in [3.05, 3.63) is 30.1 Å². The van der Waals surface area contributed by atoms with E-state index in [0.29, 0.717) is 12.8 Å². The second-order valence-electron chi connectivity index (χ2n) is 4.67. The molecule has 0 aliphatic carbocycles. The van der Waals surface area contributed by atoms with Gasteiger partial charge in [0.25, 0.3) is 0 Å². The molecule has 1 aliphatic heterocycles. The number of carbonyl (C=O) groups is 1. The summed E-state index contributed by atoms with van der Waals surface area (Å²) in [7, 11) is -2.54. The van der Waals surface area contributed by atoms with Crippen molar-refractivity contribution in [3.8, 4) is 0 Å². The van der Waals surface area contributed by atoms with E-state index in [1.54, 1.807) is 0 Å². The molecule has 1 aromatic carbocycles. The number of rotatable bonds is 3. The predicted molar refractivity (Wildman–Crippen MR) is 72.0 cm³/mol. The Morgan fingerprint density at radius 2 is 2.05 bits per heavy atom. The van der Waals surface area contributed by atoms with Gasteiger partial charge in [-0.1, -0.05) is 18.6 Å². The maximum atomic E-state index is 13.7. The molecule has 1 N–H and O–H groups in total. The molecule has 5 nitrogen and oxygen atoms in total. The number of nitrogens with zero attached hydrogens (tertiary/aromatic N) is 1. The number of hydrogen-bond donors (Lipinski definition) is 1. The van der Waals surface area contributed by atoms with Crippen molar-refractivity contribution < 1.29 is 17.6 Å². The average molecular weight is 300 g/mol. The van der Waals surface area contributed by atoms with Crippen LogP contribution in [-0.2, 0) is 14.8 Å². The Bertz CT molecular complexity index is 603. The van der Waals surface area contributed by atoms with Crippen LogP contribution in [0, 0.1) is 5.82 Å². The molecular formula is C13H17FN2O3S. The van der Waals surface area contributed by atoms with Crippen LogP contribution in [0.1, 0.15) is 19.3 Å². The summed E-state index contributed by atoms with van der Waals surface area (Å²) in [5.74, 6) is -1.15. The van der Waals surface area contributed by atoms with Crippen molar-refractivity contribution in [1.82, 2.24) is 9.62 Å². The van der Waals surface area contributed by atoms with Gasteiger partial charge in [-0.2, -0.15) is 4.31 Å². The molecule has 0 radical (unpaired) electrons. The number of nitrogens with one attached hydrogen (secondary N) is 1. The lowest BCUT2D eigenvalue weighted by Crippen LogP contribution is -2.51. The number of hydrogen-bond acceptors (Lipinski definition) is 3. The van der Waals surface area contributed by atoms with Crippen LogP contribution >= 0.6 is 0 Å². The highest BCUT2D eigenvalue weighted by molar-refractivity contribution is 7.89. The molecule has 0 aromatic heterocycles. The largest absolute Gasteiger partial charge is 0.358 e. The van der Waals surface area contributed by atoms with Gasteiger partial charge in [-0.3, -0.25) is 4.79 Å². The second-order valence-corrected chi connectivity index (χ2v) is 6.53. The molecule has 2 rings (SSSR count). The molecule has 0 saturated carbocycles. The fraction of sp³-hybridized carbons (Fsp3) is 0.462. The van der Waals surface area contributed by atoms with Gasteiger partial charge in [-0.15, -0.1) is 0 Å². The topological polar surface area (TPSA) is 66.5 Å². The number of carbonyl (C=O) groups excluding carboxylic acids is 1. The lowest BCUT2D eigenvalue weighted by Gasteiger charge is -2.33. The lowest BCUT2D eigenvalue weighted by molar-refractivity contribution is -0.125. The Hall–Kier alpha value is -1.47. The summed E-state index contributed by atoms with van der Waals surface area (Å²) in [6, 6.07) is 4.46. The third-order valence-corrected chi connectivity index (χ3v) is 5.37. The minimum atomic E-state index is -4.00. The summed E-state index contributed by atoms with van der Waals surface area (Å²) in [4.78, 5) is 11.5. The van der Waals surface area contributed by atoms with Gasteiger partial charge in [-0.05, 0) is 25.0 Å². The van der Waals surface area contributed by atoms with E-state index in [0.717, 1.165) is 16.8 Å². The number of sulfonamides is 1. The smallest absolute Gasteiger partial charge is 0.246 e. The summed E-state index contributed by atoms with van der Waals surface area (Å²) in [6.45, 7) is 0.231. The van der Waals surface area contributed by atoms with Crippen LogP contribution in [0.25, 0.3) is 0 Å². The molecule has 7 heteroatoms. The zero-order valence-electron chi connectivity index (χ0n) is 11.2. The van der Waals surface area contributed by atoms with Crippen LogP contribution in [0.4, 0.5) is 4.39 Å². The van der Waals surface area contributed by atoms with E-state index in [2.05, 4.69) is 5.32 Å². The SMILES string of the molecule is CNC(=O)C1CCCCN1S(=O)(=O)c1ccccc1F. The van der Waals surface area contributed by atoms with Crippen LogP contribution in [-0.4, -0.2) is 38.3 Å². The predicted octanol–water partition coefficient (Wildman–Crippen LogP) is 1.11. The summed E-state index contributed by atoms with van der Waals surface area (Å²) in [6.07, 6.45) is 1.90. The molecule has 1 aliphatic rings. The van der Waals surface area contributed by atoms with E-state index in [9.17, 15) is 17.6 Å². The van der Waals surface area contributed by atoms with E-state index in [1.807, 2.05) is 0 Å². The Balaban J connectivity index is 2.41. The fourth-order valence-electron chi connectivity index (χ4n) is 2.40. The molecule has 0 spiro atoms. The number of piperidine rings is 1. The Labute approximate surface area is 117 Å². The van der Waals surface area contributed by atoms with E-state index in [4.69, 9.17) is 0 Å². The first kappa shape index (κ1) is 14.9. The summed E-state index contributed by atoms with van der Waals surface area (Å²) in [5, 5.41) is 2.46. The standard InChI is InChI=1S/C13H17FN2O3S/c1-15-13(17)11-7-4-5-9-16(11)20(18,19)12-8-3-2-6-10(12)14/h2-3,6,8,11H,4-5,7,9H2,1H3,(H,15,17). The molecule has 1 fully saturated rings. The zero-order chi connectivity index (χ0) is 14.8. The molecule has 1 saturated heterocycles. The van der Waals surface area contributed by atoms with Crippen molar-refractivity contribution in [2.24, 2.45) is 0 Å². The monoisotopic (exact) mass is 300 g/mol. The van der Waals surface area contributed by atoms with Gasteiger partial charge >= 0.3 is 0 Å². The molecule has 1 unspecified atom stereocenters. The van der Waals surface area contributed by atoms with Crippen molar-refractivity contribution in [3.63, 3.8) is 0 Å². The second kappa shape index (κ2) is 5.88. The van der Waals surface area contributed by atoms with Gasteiger partial charge < -0.3 is 5.32 Å². The maximum Gasteiger partial charge on any atom is 0.246 e. The van der Waals surface area contributed by atoms with Crippen LogP contribution in [0.2, 0.25) is 0 Å². The minimum Gasteiger partial charge on any atom is -0.358 e. The maximum absolute atomic E-state index is 13.7. The molecule has 1 atom stereocenters. The Kier molecular flexibility index (Phi) is 4.39. The molecule has 0 bridgehead atoms. The van der Waals surface area contributed by atoms with Crippen LogP contribution in [0.15, 0.2) is 29.2 Å². The highest BCUT2D eigenvalue weighted by Crippen LogP contribution is 2.26. The zero-order valence-corrected chi connectivity index (χ0v) is 12.0. The number of amides is 1. The van der Waals surface area contributed by atoms with Gasteiger partial charge in [0.15, 0.2) is 0 Å². The van der Waals surface area contributed by atoms with E-state index >= 15 is 0 Å². The molecule has 1 heterocycles. The number of halogens is 1. The van der Waals surface area contributed by atoms with Crippen molar-refractivity contribution >= 4 is 15.9 Å². The van der Waals surface area contributed by atoms with E-state index < -0.39 is 21.9 Å². The highest BCUT2D eigenvalue weighted by Gasteiger charge is 2.38. The first-order valence-corrected chi connectivity index (χ1v) is 7.90. The first-order chi connectivity index (χ1) is 9.48. The molecule has 20 heavy (non-hydrogen) atoms. The van der Waals surface area contributed by atoms with Gasteiger partial charge in [0.2, 0.25) is 15.9 Å². The minimum absolute atomic E-state index is 0.231. The van der Waals surface area contributed by atoms with Gasteiger partial charge in [0.1, 0.15) is 16.8 Å². The number of likely N-dealkylation sites (N-methyl/N-ethyl adjacent to an activating group) is 1. The molecule has 1 amide bonds. The highest BCUT2D eigenvalue weighted by atomic mass is 32.2. The third-order valence-electron chi connectivity index (χ3n) is 3.43. The summed E-state index contributed by atoms with van der Waals surface area (Å²) >= 11 is 0. The van der Waals surface area contributed by atoms with E-state index in [-0.39, 0.29) is 17.3 Å². The Morgan fingerprint density at radius 3 is 2.70 bits per heavy atom. The van der Waals surface area contributed by atoms with Gasteiger partial charge in [-0.25, -0.2) is 12.8 Å². The summed E-state index contributed by atoms with van der Waals surface area (Å²) < 4.78 is 39.9. The van der Waals surface area contributed by atoms with Gasteiger partial charge in [0, 0.05) is 13.6 Å². The quantitative estimate of drug-likeness (QED) is 0.909. The van der Waals surface area contributed by atoms with Crippen LogP contribution < -0.4 is 5.32 Å².